The second kappa shape index (κ2) is 6.10. The zero-order valence-electron chi connectivity index (χ0n) is 11.9. The van der Waals surface area contributed by atoms with E-state index in [1.54, 1.807) is 0 Å². The summed E-state index contributed by atoms with van der Waals surface area (Å²) in [6.45, 7) is 3.38. The fourth-order valence-corrected chi connectivity index (χ4v) is 3.32. The monoisotopic (exact) mass is 292 g/mol. The molecule has 1 fully saturated rings. The molecule has 0 aliphatic carbocycles. The van der Waals surface area contributed by atoms with Crippen LogP contribution >= 0.6 is 11.6 Å². The van der Waals surface area contributed by atoms with Gasteiger partial charge in [0.25, 0.3) is 0 Å². The van der Waals surface area contributed by atoms with Crippen molar-refractivity contribution in [2.45, 2.75) is 25.8 Å². The molecule has 2 aromatic rings. The average molecular weight is 293 g/mol. The summed E-state index contributed by atoms with van der Waals surface area (Å²) in [6.07, 6.45) is 5.22. The number of hydrogen-bond acceptors (Lipinski definition) is 3. The minimum absolute atomic E-state index is 0.605. The predicted octanol–water partition coefficient (Wildman–Crippen LogP) is 2.55. The van der Waals surface area contributed by atoms with Gasteiger partial charge in [-0.05, 0) is 44.5 Å². The van der Waals surface area contributed by atoms with Gasteiger partial charge in [-0.15, -0.1) is 11.6 Å². The van der Waals surface area contributed by atoms with Crippen molar-refractivity contribution in [3.05, 3.63) is 24.2 Å². The van der Waals surface area contributed by atoms with Crippen molar-refractivity contribution in [3.63, 3.8) is 0 Å². The van der Waals surface area contributed by atoms with E-state index in [1.165, 1.54) is 19.4 Å². The Labute approximate surface area is 124 Å². The van der Waals surface area contributed by atoms with Crippen molar-refractivity contribution in [1.82, 2.24) is 19.4 Å². The van der Waals surface area contributed by atoms with Crippen molar-refractivity contribution in [3.8, 4) is 0 Å². The summed E-state index contributed by atoms with van der Waals surface area (Å²) >= 11 is 5.92. The Hall–Kier alpha value is -1.13. The lowest BCUT2D eigenvalue weighted by Gasteiger charge is -2.30. The maximum absolute atomic E-state index is 5.92. The summed E-state index contributed by atoms with van der Waals surface area (Å²) in [4.78, 5) is 11.6. The van der Waals surface area contributed by atoms with Crippen LogP contribution in [-0.4, -0.2) is 45.5 Å². The Kier molecular flexibility index (Phi) is 4.22. The highest BCUT2D eigenvalue weighted by molar-refractivity contribution is 6.17. The predicted molar refractivity (Wildman–Crippen MR) is 82.2 cm³/mol. The number of imidazole rings is 1. The van der Waals surface area contributed by atoms with Gasteiger partial charge in [-0.25, -0.2) is 9.97 Å². The zero-order valence-corrected chi connectivity index (χ0v) is 12.7. The molecule has 0 aromatic carbocycles. The van der Waals surface area contributed by atoms with Gasteiger partial charge in [-0.1, -0.05) is 0 Å². The molecule has 0 amide bonds. The maximum Gasteiger partial charge on any atom is 0.159 e. The largest absolute Gasteiger partial charge is 0.312 e. The molecule has 0 radical (unpaired) electrons. The molecule has 1 saturated heterocycles. The highest BCUT2D eigenvalue weighted by atomic mass is 35.5. The molecule has 20 heavy (non-hydrogen) atoms. The third-order valence-corrected chi connectivity index (χ3v) is 4.25. The molecular weight excluding hydrogens is 272 g/mol. The summed E-state index contributed by atoms with van der Waals surface area (Å²) in [5.41, 5.74) is 1.98. The molecule has 1 unspecified atom stereocenters. The van der Waals surface area contributed by atoms with Crippen LogP contribution in [0, 0.1) is 5.92 Å². The van der Waals surface area contributed by atoms with Crippen LogP contribution in [0.4, 0.5) is 0 Å². The first kappa shape index (κ1) is 13.8. The quantitative estimate of drug-likeness (QED) is 0.812. The third-order valence-electron chi connectivity index (χ3n) is 4.06. The second-order valence-electron chi connectivity index (χ2n) is 5.69. The van der Waals surface area contributed by atoms with Gasteiger partial charge in [0.15, 0.2) is 5.65 Å². The van der Waals surface area contributed by atoms with Gasteiger partial charge < -0.3 is 9.47 Å². The molecule has 0 saturated carbocycles. The number of hydrogen-bond donors (Lipinski definition) is 0. The molecule has 3 rings (SSSR count). The van der Waals surface area contributed by atoms with Gasteiger partial charge in [0.05, 0.1) is 0 Å². The van der Waals surface area contributed by atoms with Crippen molar-refractivity contribution in [2.75, 3.05) is 26.0 Å². The van der Waals surface area contributed by atoms with Crippen molar-refractivity contribution < 1.29 is 0 Å². The summed E-state index contributed by atoms with van der Waals surface area (Å²) in [5.74, 6) is 2.36. The van der Waals surface area contributed by atoms with Crippen LogP contribution in [0.5, 0.6) is 0 Å². The van der Waals surface area contributed by atoms with Crippen LogP contribution in [0.15, 0.2) is 18.3 Å². The van der Waals surface area contributed by atoms with Crippen molar-refractivity contribution in [1.29, 1.82) is 0 Å². The number of aryl methyl sites for hydroxylation is 1. The van der Waals surface area contributed by atoms with E-state index in [0.29, 0.717) is 11.8 Å². The number of fused-ring (bicyclic) bond motifs is 1. The molecule has 1 aliphatic rings. The molecular formula is C15H21ClN4. The standard InChI is InChI=1S/C15H21ClN4/c1-19-9-3-4-12(10-19)11-20-14(6-7-16)18-13-5-2-8-17-15(13)20/h2,5,8,12H,3-4,6-7,9-11H2,1H3. The Morgan fingerprint density at radius 3 is 3.15 bits per heavy atom. The molecule has 108 valence electrons. The van der Waals surface area contributed by atoms with Crippen LogP contribution < -0.4 is 0 Å². The van der Waals surface area contributed by atoms with Crippen molar-refractivity contribution in [2.24, 2.45) is 5.92 Å². The van der Waals surface area contributed by atoms with E-state index in [1.807, 2.05) is 18.3 Å². The van der Waals surface area contributed by atoms with E-state index in [-0.39, 0.29) is 0 Å². The van der Waals surface area contributed by atoms with Gasteiger partial charge in [0.2, 0.25) is 0 Å². The van der Waals surface area contributed by atoms with E-state index in [9.17, 15) is 0 Å². The third kappa shape index (κ3) is 2.81. The fraction of sp³-hybridized carbons (Fsp3) is 0.600. The summed E-state index contributed by atoms with van der Waals surface area (Å²) in [6, 6.07) is 3.97. The summed E-state index contributed by atoms with van der Waals surface area (Å²) in [7, 11) is 2.20. The van der Waals surface area contributed by atoms with Crippen LogP contribution in [-0.2, 0) is 13.0 Å². The number of alkyl halides is 1. The van der Waals surface area contributed by atoms with Crippen LogP contribution in [0.2, 0.25) is 0 Å². The van der Waals surface area contributed by atoms with E-state index < -0.39 is 0 Å². The smallest absolute Gasteiger partial charge is 0.159 e. The van der Waals surface area contributed by atoms with Gasteiger partial charge in [-0.3, -0.25) is 0 Å². The molecule has 1 aliphatic heterocycles. The average Bonchev–Trinajstić information content (AvgIpc) is 2.78. The van der Waals surface area contributed by atoms with Gasteiger partial charge in [0.1, 0.15) is 11.3 Å². The molecule has 2 aromatic heterocycles. The second-order valence-corrected chi connectivity index (χ2v) is 6.07. The number of nitrogens with zero attached hydrogens (tertiary/aromatic N) is 4. The lowest BCUT2D eigenvalue weighted by molar-refractivity contribution is 0.194. The molecule has 0 N–H and O–H groups in total. The summed E-state index contributed by atoms with van der Waals surface area (Å²) < 4.78 is 2.28. The molecule has 3 heterocycles. The SMILES string of the molecule is CN1CCCC(Cn2c(CCCl)nc3cccnc32)C1. The first-order valence-electron chi connectivity index (χ1n) is 7.32. The van der Waals surface area contributed by atoms with Gasteiger partial charge >= 0.3 is 0 Å². The fourth-order valence-electron chi connectivity index (χ4n) is 3.15. The highest BCUT2D eigenvalue weighted by Gasteiger charge is 2.20. The van der Waals surface area contributed by atoms with Crippen LogP contribution in [0.1, 0.15) is 18.7 Å². The highest BCUT2D eigenvalue weighted by Crippen LogP contribution is 2.21. The molecule has 0 bridgehead atoms. The van der Waals surface area contributed by atoms with Crippen LogP contribution in [0.3, 0.4) is 0 Å². The van der Waals surface area contributed by atoms with Crippen LogP contribution in [0.25, 0.3) is 11.2 Å². The minimum atomic E-state index is 0.605. The number of halogens is 1. The number of rotatable bonds is 4. The Morgan fingerprint density at radius 1 is 1.45 bits per heavy atom. The number of pyridine rings is 1. The van der Waals surface area contributed by atoms with Gasteiger partial charge in [0, 0.05) is 31.6 Å². The normalized spacial score (nSPS) is 20.6. The summed E-state index contributed by atoms with van der Waals surface area (Å²) in [5, 5.41) is 0. The van der Waals surface area contributed by atoms with E-state index >= 15 is 0 Å². The van der Waals surface area contributed by atoms with Crippen molar-refractivity contribution >= 4 is 22.8 Å². The lowest BCUT2D eigenvalue weighted by Crippen LogP contribution is -2.34. The molecule has 0 spiro atoms. The Morgan fingerprint density at radius 2 is 2.35 bits per heavy atom. The first-order chi connectivity index (χ1) is 9.78. The van der Waals surface area contributed by atoms with Gasteiger partial charge in [-0.2, -0.15) is 0 Å². The first-order valence-corrected chi connectivity index (χ1v) is 7.86. The van der Waals surface area contributed by atoms with E-state index in [0.717, 1.165) is 36.5 Å². The molecule has 1 atom stereocenters. The number of likely N-dealkylation sites (tertiary alicyclic amines) is 1. The minimum Gasteiger partial charge on any atom is -0.312 e. The zero-order chi connectivity index (χ0) is 13.9. The number of piperidine rings is 1. The molecule has 5 heteroatoms. The Bertz CT molecular complexity index is 580. The van der Waals surface area contributed by atoms with E-state index in [4.69, 9.17) is 11.6 Å². The van der Waals surface area contributed by atoms with E-state index in [2.05, 4.69) is 26.5 Å². The Balaban J connectivity index is 1.90. The lowest BCUT2D eigenvalue weighted by atomic mass is 9.98. The molecule has 4 nitrogen and oxygen atoms in total. The topological polar surface area (TPSA) is 34.0 Å². The maximum atomic E-state index is 5.92. The number of aromatic nitrogens is 3.